The van der Waals surface area contributed by atoms with Crippen LogP contribution in [0.15, 0.2) is 57.8 Å². The minimum atomic E-state index is -3.28. The van der Waals surface area contributed by atoms with Crippen LogP contribution in [-0.4, -0.2) is 30.8 Å². The highest BCUT2D eigenvalue weighted by atomic mass is 32.2. The maximum absolute atomic E-state index is 12.9. The van der Waals surface area contributed by atoms with Crippen molar-refractivity contribution >= 4 is 21.8 Å². The standard InChI is InChI=1S/C18H16FN3O4S/c1-27(24,25)15-8-4-12(5-9-15)10-16(23)20-18-22-21-17(26-18)11-13-2-6-14(19)7-3-13/h2-9H,10-11H2,1H3,(H,20,22,23). The number of rotatable bonds is 6. The van der Waals surface area contributed by atoms with E-state index in [0.717, 1.165) is 11.8 Å². The summed E-state index contributed by atoms with van der Waals surface area (Å²) in [6, 6.07) is 11.9. The number of carbonyl (C=O) groups is 1. The molecule has 0 aliphatic rings. The average molecular weight is 389 g/mol. The Balaban J connectivity index is 1.58. The molecule has 0 saturated heterocycles. The smallest absolute Gasteiger partial charge is 0.322 e. The van der Waals surface area contributed by atoms with E-state index in [1.165, 1.54) is 24.3 Å². The van der Waals surface area contributed by atoms with Crippen molar-refractivity contribution in [3.63, 3.8) is 0 Å². The number of nitrogens with one attached hydrogen (secondary N) is 1. The summed E-state index contributed by atoms with van der Waals surface area (Å²) in [4.78, 5) is 12.3. The van der Waals surface area contributed by atoms with E-state index in [2.05, 4.69) is 15.5 Å². The second kappa shape index (κ2) is 7.67. The minimum absolute atomic E-state index is 0.0275. The number of carbonyl (C=O) groups excluding carboxylic acids is 1. The van der Waals surface area contributed by atoms with Gasteiger partial charge in [-0.25, -0.2) is 12.8 Å². The number of nitrogens with zero attached hydrogens (tertiary/aromatic N) is 2. The van der Waals surface area contributed by atoms with Gasteiger partial charge in [-0.05, 0) is 35.4 Å². The van der Waals surface area contributed by atoms with Crippen molar-refractivity contribution in [1.29, 1.82) is 0 Å². The second-order valence-corrected chi connectivity index (χ2v) is 7.96. The maximum atomic E-state index is 12.9. The molecule has 9 heteroatoms. The van der Waals surface area contributed by atoms with Crippen molar-refractivity contribution in [3.05, 3.63) is 71.4 Å². The largest absolute Gasteiger partial charge is 0.407 e. The first kappa shape index (κ1) is 18.7. The molecule has 1 heterocycles. The Labute approximate surface area is 155 Å². The van der Waals surface area contributed by atoms with E-state index in [1.807, 2.05) is 0 Å². The molecule has 140 valence electrons. The van der Waals surface area contributed by atoms with E-state index >= 15 is 0 Å². The molecular weight excluding hydrogens is 373 g/mol. The summed E-state index contributed by atoms with van der Waals surface area (Å²) < 4.78 is 41.1. The minimum Gasteiger partial charge on any atom is -0.407 e. The third-order valence-electron chi connectivity index (χ3n) is 3.70. The van der Waals surface area contributed by atoms with E-state index < -0.39 is 9.84 Å². The van der Waals surface area contributed by atoms with Crippen LogP contribution in [0, 0.1) is 5.82 Å². The van der Waals surface area contributed by atoms with Crippen LogP contribution in [-0.2, 0) is 27.5 Å². The molecule has 0 fully saturated rings. The van der Waals surface area contributed by atoms with Gasteiger partial charge in [-0.1, -0.05) is 29.4 Å². The van der Waals surface area contributed by atoms with Gasteiger partial charge < -0.3 is 4.42 Å². The molecule has 0 aliphatic heterocycles. The number of anilines is 1. The Morgan fingerprint density at radius 3 is 2.30 bits per heavy atom. The average Bonchev–Trinajstić information content (AvgIpc) is 3.03. The van der Waals surface area contributed by atoms with Gasteiger partial charge in [0.05, 0.1) is 17.7 Å². The Morgan fingerprint density at radius 2 is 1.67 bits per heavy atom. The topological polar surface area (TPSA) is 102 Å². The van der Waals surface area contributed by atoms with Gasteiger partial charge in [0, 0.05) is 6.26 Å². The lowest BCUT2D eigenvalue weighted by Crippen LogP contribution is -2.14. The number of hydrogen-bond donors (Lipinski definition) is 1. The molecule has 0 aliphatic carbocycles. The van der Waals surface area contributed by atoms with Crippen LogP contribution < -0.4 is 5.32 Å². The number of halogens is 1. The van der Waals surface area contributed by atoms with Gasteiger partial charge in [0.2, 0.25) is 11.8 Å². The first-order valence-electron chi connectivity index (χ1n) is 7.95. The predicted molar refractivity (Wildman–Crippen MR) is 95.4 cm³/mol. The second-order valence-electron chi connectivity index (χ2n) is 5.95. The predicted octanol–water partition coefficient (Wildman–Crippen LogP) is 2.38. The zero-order chi connectivity index (χ0) is 19.4. The summed E-state index contributed by atoms with van der Waals surface area (Å²) in [5.74, 6) is -0.421. The highest BCUT2D eigenvalue weighted by Gasteiger charge is 2.12. The number of amides is 1. The van der Waals surface area contributed by atoms with Gasteiger partial charge >= 0.3 is 6.01 Å². The van der Waals surface area contributed by atoms with Gasteiger partial charge in [0.1, 0.15) is 5.82 Å². The fourth-order valence-electron chi connectivity index (χ4n) is 2.36. The number of sulfone groups is 1. The van der Waals surface area contributed by atoms with Crippen LogP contribution in [0.5, 0.6) is 0 Å². The van der Waals surface area contributed by atoms with Crippen molar-refractivity contribution in [2.75, 3.05) is 11.6 Å². The fraction of sp³-hybridized carbons (Fsp3) is 0.167. The molecule has 1 aromatic heterocycles. The molecule has 1 amide bonds. The summed E-state index contributed by atoms with van der Waals surface area (Å²) in [5, 5.41) is 10.1. The summed E-state index contributed by atoms with van der Waals surface area (Å²) in [6.07, 6.45) is 1.46. The van der Waals surface area contributed by atoms with Crippen LogP contribution in [0.4, 0.5) is 10.4 Å². The van der Waals surface area contributed by atoms with Crippen LogP contribution in [0.1, 0.15) is 17.0 Å². The first-order chi connectivity index (χ1) is 12.8. The molecule has 3 aromatic rings. The normalized spacial score (nSPS) is 11.3. The van der Waals surface area contributed by atoms with Gasteiger partial charge in [-0.2, -0.15) is 0 Å². The molecule has 1 N–H and O–H groups in total. The summed E-state index contributed by atoms with van der Waals surface area (Å²) in [7, 11) is -3.28. The van der Waals surface area contributed by atoms with E-state index in [4.69, 9.17) is 4.42 Å². The third-order valence-corrected chi connectivity index (χ3v) is 4.83. The van der Waals surface area contributed by atoms with Crippen molar-refractivity contribution in [2.45, 2.75) is 17.7 Å². The third kappa shape index (κ3) is 5.20. The quantitative estimate of drug-likeness (QED) is 0.694. The molecular formula is C18H16FN3O4S. The molecule has 0 spiro atoms. The Bertz CT molecular complexity index is 1040. The molecule has 3 rings (SSSR count). The first-order valence-corrected chi connectivity index (χ1v) is 9.84. The SMILES string of the molecule is CS(=O)(=O)c1ccc(CC(=O)Nc2nnc(Cc3ccc(F)cc3)o2)cc1. The van der Waals surface area contributed by atoms with E-state index in [-0.39, 0.29) is 34.9 Å². The van der Waals surface area contributed by atoms with Crippen LogP contribution >= 0.6 is 0 Å². The molecule has 0 unspecified atom stereocenters. The molecule has 27 heavy (non-hydrogen) atoms. The summed E-state index contributed by atoms with van der Waals surface area (Å²) in [6.45, 7) is 0. The lowest BCUT2D eigenvalue weighted by atomic mass is 10.1. The Morgan fingerprint density at radius 1 is 1.04 bits per heavy atom. The van der Waals surface area contributed by atoms with Crippen molar-refractivity contribution in [2.24, 2.45) is 0 Å². The van der Waals surface area contributed by atoms with Crippen molar-refractivity contribution in [3.8, 4) is 0 Å². The molecule has 0 atom stereocenters. The van der Waals surface area contributed by atoms with Crippen LogP contribution in [0.3, 0.4) is 0 Å². The molecule has 0 radical (unpaired) electrons. The van der Waals surface area contributed by atoms with Gasteiger partial charge in [-0.3, -0.25) is 10.1 Å². The van der Waals surface area contributed by atoms with E-state index in [1.54, 1.807) is 24.3 Å². The number of benzene rings is 2. The van der Waals surface area contributed by atoms with E-state index in [0.29, 0.717) is 12.0 Å². The molecule has 7 nitrogen and oxygen atoms in total. The zero-order valence-corrected chi connectivity index (χ0v) is 15.2. The number of hydrogen-bond acceptors (Lipinski definition) is 6. The monoisotopic (exact) mass is 389 g/mol. The zero-order valence-electron chi connectivity index (χ0n) is 14.3. The lowest BCUT2D eigenvalue weighted by Gasteiger charge is -2.03. The Hall–Kier alpha value is -3.07. The number of aromatic nitrogens is 2. The highest BCUT2D eigenvalue weighted by Crippen LogP contribution is 2.14. The van der Waals surface area contributed by atoms with Crippen LogP contribution in [0.25, 0.3) is 0 Å². The molecule has 0 bridgehead atoms. The molecule has 0 saturated carbocycles. The molecule has 2 aromatic carbocycles. The highest BCUT2D eigenvalue weighted by molar-refractivity contribution is 7.90. The van der Waals surface area contributed by atoms with Crippen molar-refractivity contribution < 1.29 is 22.0 Å². The fourth-order valence-corrected chi connectivity index (χ4v) is 2.99. The van der Waals surface area contributed by atoms with Gasteiger partial charge in [0.25, 0.3) is 0 Å². The van der Waals surface area contributed by atoms with Crippen molar-refractivity contribution in [1.82, 2.24) is 10.2 Å². The summed E-state index contributed by atoms with van der Waals surface area (Å²) >= 11 is 0. The van der Waals surface area contributed by atoms with Gasteiger partial charge in [-0.15, -0.1) is 5.10 Å². The van der Waals surface area contributed by atoms with Gasteiger partial charge in [0.15, 0.2) is 9.84 Å². The van der Waals surface area contributed by atoms with Crippen LogP contribution in [0.2, 0.25) is 0 Å². The van der Waals surface area contributed by atoms with E-state index in [9.17, 15) is 17.6 Å². The maximum Gasteiger partial charge on any atom is 0.322 e. The summed E-state index contributed by atoms with van der Waals surface area (Å²) in [5.41, 5.74) is 1.44. The Kier molecular flexibility index (Phi) is 5.31. The lowest BCUT2D eigenvalue weighted by molar-refractivity contribution is -0.115.